The molecule has 3 nitrogen and oxygen atoms in total. The molecule has 0 aliphatic carbocycles. The molecule has 2 aliphatic heterocycles. The van der Waals surface area contributed by atoms with Crippen LogP contribution in [-0.4, -0.2) is 24.8 Å². The van der Waals surface area contributed by atoms with E-state index in [4.69, 9.17) is 0 Å². The van der Waals surface area contributed by atoms with Gasteiger partial charge in [0, 0.05) is 36.2 Å². The molecule has 0 bridgehead atoms. The molecule has 1 unspecified atom stereocenters. The topological polar surface area (TPSA) is 36.4 Å². The van der Waals surface area contributed by atoms with E-state index < -0.39 is 0 Å². The van der Waals surface area contributed by atoms with Crippen molar-refractivity contribution in [3.63, 3.8) is 0 Å². The molecule has 0 saturated carbocycles. The van der Waals surface area contributed by atoms with Crippen LogP contribution in [0.25, 0.3) is 0 Å². The van der Waals surface area contributed by atoms with E-state index >= 15 is 0 Å². The van der Waals surface area contributed by atoms with E-state index in [-0.39, 0.29) is 0 Å². The van der Waals surface area contributed by atoms with Crippen LogP contribution in [0, 0.1) is 0 Å². The van der Waals surface area contributed by atoms with Crippen molar-refractivity contribution in [2.75, 3.05) is 13.1 Å². The Bertz CT molecular complexity index is 388. The summed E-state index contributed by atoms with van der Waals surface area (Å²) >= 11 is 0. The zero-order chi connectivity index (χ0) is 12.1. The summed E-state index contributed by atoms with van der Waals surface area (Å²) in [4.78, 5) is 4.54. The zero-order valence-corrected chi connectivity index (χ0v) is 10.7. The molecule has 92 valence electrons. The highest BCUT2D eigenvalue weighted by Crippen LogP contribution is 2.09. The first kappa shape index (κ1) is 12.1. The van der Waals surface area contributed by atoms with Crippen LogP contribution in [0.3, 0.4) is 0 Å². The molecule has 0 aromatic rings. The normalized spacial score (nSPS) is 23.6. The first-order valence-electron chi connectivity index (χ1n) is 6.32. The van der Waals surface area contributed by atoms with E-state index in [0.717, 1.165) is 31.6 Å². The van der Waals surface area contributed by atoms with Gasteiger partial charge < -0.3 is 10.6 Å². The van der Waals surface area contributed by atoms with Gasteiger partial charge in [0.25, 0.3) is 0 Å². The Morgan fingerprint density at radius 1 is 1.47 bits per heavy atom. The maximum absolute atomic E-state index is 4.54. The summed E-state index contributed by atoms with van der Waals surface area (Å²) in [5.41, 5.74) is 3.67. The molecule has 2 rings (SSSR count). The van der Waals surface area contributed by atoms with E-state index in [2.05, 4.69) is 53.8 Å². The second-order valence-corrected chi connectivity index (χ2v) is 4.68. The second-order valence-electron chi connectivity index (χ2n) is 4.68. The van der Waals surface area contributed by atoms with Crippen LogP contribution in [-0.2, 0) is 0 Å². The van der Waals surface area contributed by atoms with Gasteiger partial charge in [-0.05, 0) is 32.8 Å². The molecular formula is C14H21N3. The van der Waals surface area contributed by atoms with Crippen molar-refractivity contribution < 1.29 is 0 Å². The van der Waals surface area contributed by atoms with Crippen molar-refractivity contribution in [3.05, 3.63) is 35.7 Å². The number of hydrogen-bond acceptors (Lipinski definition) is 3. The molecule has 2 heterocycles. The first-order valence-corrected chi connectivity index (χ1v) is 6.32. The monoisotopic (exact) mass is 231 g/mol. The van der Waals surface area contributed by atoms with Gasteiger partial charge in [0.15, 0.2) is 0 Å². The van der Waals surface area contributed by atoms with Crippen molar-refractivity contribution in [2.24, 2.45) is 4.99 Å². The Morgan fingerprint density at radius 2 is 2.35 bits per heavy atom. The molecule has 2 aliphatic rings. The fraction of sp³-hybridized carbons (Fsp3) is 0.500. The summed E-state index contributed by atoms with van der Waals surface area (Å²) in [6.45, 7) is 6.00. The molecule has 17 heavy (non-hydrogen) atoms. The third kappa shape index (κ3) is 3.86. The number of nitrogens with one attached hydrogen (secondary N) is 2. The summed E-state index contributed by atoms with van der Waals surface area (Å²) in [5.74, 6) is 0. The van der Waals surface area contributed by atoms with Gasteiger partial charge in [0.1, 0.15) is 0 Å². The van der Waals surface area contributed by atoms with E-state index in [9.17, 15) is 0 Å². The Balaban J connectivity index is 1.75. The van der Waals surface area contributed by atoms with Gasteiger partial charge in [-0.2, -0.15) is 0 Å². The minimum absolute atomic E-state index is 0.439. The van der Waals surface area contributed by atoms with Crippen LogP contribution in [0.2, 0.25) is 0 Å². The summed E-state index contributed by atoms with van der Waals surface area (Å²) in [6, 6.07) is 0.439. The second kappa shape index (κ2) is 5.82. The summed E-state index contributed by atoms with van der Waals surface area (Å²) in [7, 11) is 0. The minimum Gasteiger partial charge on any atom is -0.381 e. The fourth-order valence-corrected chi connectivity index (χ4v) is 2.10. The lowest BCUT2D eigenvalue weighted by Gasteiger charge is -2.19. The molecule has 0 amide bonds. The summed E-state index contributed by atoms with van der Waals surface area (Å²) in [5, 5.41) is 6.87. The van der Waals surface area contributed by atoms with Gasteiger partial charge in [-0.3, -0.25) is 4.99 Å². The Hall–Kier alpha value is -1.35. The lowest BCUT2D eigenvalue weighted by molar-refractivity contribution is 0.668. The lowest BCUT2D eigenvalue weighted by Crippen LogP contribution is -2.34. The number of nitrogens with zero attached hydrogens (tertiary/aromatic N) is 1. The average molecular weight is 231 g/mol. The maximum atomic E-state index is 4.54. The van der Waals surface area contributed by atoms with Crippen LogP contribution >= 0.6 is 0 Å². The van der Waals surface area contributed by atoms with Crippen molar-refractivity contribution >= 4 is 5.71 Å². The summed E-state index contributed by atoms with van der Waals surface area (Å²) in [6.07, 6.45) is 10.8. The van der Waals surface area contributed by atoms with E-state index in [1.54, 1.807) is 0 Å². The van der Waals surface area contributed by atoms with Crippen molar-refractivity contribution in [2.45, 2.75) is 32.7 Å². The molecule has 0 aromatic carbocycles. The zero-order valence-electron chi connectivity index (χ0n) is 10.7. The van der Waals surface area contributed by atoms with Crippen LogP contribution in [0.15, 0.2) is 40.7 Å². The smallest absolute Gasteiger partial charge is 0.0416 e. The molecule has 0 saturated heterocycles. The van der Waals surface area contributed by atoms with Gasteiger partial charge in [0.05, 0.1) is 0 Å². The van der Waals surface area contributed by atoms with E-state index in [1.807, 2.05) is 0 Å². The molecule has 2 N–H and O–H groups in total. The average Bonchev–Trinajstić information content (AvgIpc) is 2.29. The lowest BCUT2D eigenvalue weighted by atomic mass is 10.1. The molecule has 0 radical (unpaired) electrons. The first-order chi connectivity index (χ1) is 8.24. The minimum atomic E-state index is 0.439. The van der Waals surface area contributed by atoms with Crippen molar-refractivity contribution in [3.8, 4) is 0 Å². The number of rotatable bonds is 4. The number of aliphatic imine (C=N–C) groups is 1. The Kier molecular flexibility index (Phi) is 4.15. The van der Waals surface area contributed by atoms with Gasteiger partial charge in [0.2, 0.25) is 0 Å². The molecule has 3 heteroatoms. The van der Waals surface area contributed by atoms with Gasteiger partial charge in [-0.25, -0.2) is 0 Å². The van der Waals surface area contributed by atoms with Gasteiger partial charge in [-0.15, -0.1) is 0 Å². The van der Waals surface area contributed by atoms with E-state index in [1.165, 1.54) is 11.4 Å². The van der Waals surface area contributed by atoms with Crippen molar-refractivity contribution in [1.29, 1.82) is 0 Å². The third-order valence-corrected chi connectivity index (χ3v) is 2.96. The third-order valence-electron chi connectivity index (χ3n) is 2.96. The highest BCUT2D eigenvalue weighted by atomic mass is 15.0. The SMILES string of the molecule is CC1=CCCC(CNCC2=CC=CC(C)N2)=N1. The standard InChI is InChI=1S/C14H21N3/c1-11-5-3-7-13(16-11)9-15-10-14-8-4-6-12(2)17-14/h3,5-7,11,15-16H,4,8-10H2,1-2H3. The largest absolute Gasteiger partial charge is 0.381 e. The Labute approximate surface area is 103 Å². The highest BCUT2D eigenvalue weighted by Gasteiger charge is 2.06. The Morgan fingerprint density at radius 3 is 3.12 bits per heavy atom. The predicted octanol–water partition coefficient (Wildman–Crippen LogP) is 2.15. The molecular weight excluding hydrogens is 210 g/mol. The quantitative estimate of drug-likeness (QED) is 0.778. The van der Waals surface area contributed by atoms with Crippen LogP contribution in [0.4, 0.5) is 0 Å². The molecule has 1 atom stereocenters. The van der Waals surface area contributed by atoms with Crippen molar-refractivity contribution in [1.82, 2.24) is 10.6 Å². The van der Waals surface area contributed by atoms with Crippen LogP contribution in [0.5, 0.6) is 0 Å². The highest BCUT2D eigenvalue weighted by molar-refractivity contribution is 5.88. The molecule has 0 fully saturated rings. The fourth-order valence-electron chi connectivity index (χ4n) is 2.10. The van der Waals surface area contributed by atoms with Gasteiger partial charge >= 0.3 is 0 Å². The predicted molar refractivity (Wildman–Crippen MR) is 73.1 cm³/mol. The van der Waals surface area contributed by atoms with Crippen LogP contribution in [0.1, 0.15) is 26.7 Å². The molecule has 0 aromatic heterocycles. The van der Waals surface area contributed by atoms with Gasteiger partial charge in [-0.1, -0.05) is 18.2 Å². The number of dihydropyridines is 1. The number of hydrogen-bond donors (Lipinski definition) is 2. The number of allylic oxidation sites excluding steroid dienone is 4. The molecule has 0 spiro atoms. The maximum Gasteiger partial charge on any atom is 0.0416 e. The van der Waals surface area contributed by atoms with Crippen LogP contribution < -0.4 is 10.6 Å². The summed E-state index contributed by atoms with van der Waals surface area (Å²) < 4.78 is 0. The van der Waals surface area contributed by atoms with E-state index in [0.29, 0.717) is 6.04 Å².